The van der Waals surface area contributed by atoms with E-state index in [-0.39, 0.29) is 18.5 Å². The predicted molar refractivity (Wildman–Crippen MR) is 61.5 cm³/mol. The number of hydrogen-bond donors (Lipinski definition) is 2. The molecule has 1 saturated heterocycles. The Morgan fingerprint density at radius 1 is 1.41 bits per heavy atom. The normalized spacial score (nSPS) is 19.1. The molecular weight excluding hydrogens is 224 g/mol. The summed E-state index contributed by atoms with van der Waals surface area (Å²) in [6, 6.07) is -0.179. The number of rotatable bonds is 4. The van der Waals surface area contributed by atoms with Crippen molar-refractivity contribution in [2.75, 3.05) is 19.8 Å². The van der Waals surface area contributed by atoms with E-state index < -0.39 is 11.5 Å². The number of aliphatic carboxylic acids is 1. The summed E-state index contributed by atoms with van der Waals surface area (Å²) in [6.45, 7) is 4.14. The number of carbonyl (C=O) groups is 2. The first-order valence-electron chi connectivity index (χ1n) is 5.76. The Labute approximate surface area is 101 Å². The number of carbonyl (C=O) groups excluding carboxylic acids is 1. The van der Waals surface area contributed by atoms with Gasteiger partial charge in [-0.15, -0.1) is 0 Å². The van der Waals surface area contributed by atoms with Crippen LogP contribution in [0.5, 0.6) is 0 Å². The van der Waals surface area contributed by atoms with E-state index in [0.29, 0.717) is 26.1 Å². The lowest BCUT2D eigenvalue weighted by Gasteiger charge is -2.37. The summed E-state index contributed by atoms with van der Waals surface area (Å²) in [5, 5.41) is 8.80. The highest BCUT2D eigenvalue weighted by molar-refractivity contribution is 5.89. The monoisotopic (exact) mass is 244 g/mol. The van der Waals surface area contributed by atoms with Crippen LogP contribution in [0.2, 0.25) is 0 Å². The second-order valence-electron chi connectivity index (χ2n) is 4.69. The van der Waals surface area contributed by atoms with Crippen molar-refractivity contribution in [3.05, 3.63) is 0 Å². The van der Waals surface area contributed by atoms with Crippen molar-refractivity contribution in [1.82, 2.24) is 4.90 Å². The van der Waals surface area contributed by atoms with E-state index in [1.165, 1.54) is 4.90 Å². The largest absolute Gasteiger partial charge is 0.480 e. The van der Waals surface area contributed by atoms with Crippen LogP contribution in [-0.2, 0) is 14.3 Å². The highest BCUT2D eigenvalue weighted by Crippen LogP contribution is 2.21. The van der Waals surface area contributed by atoms with Gasteiger partial charge < -0.3 is 20.5 Å². The Morgan fingerprint density at radius 2 is 1.94 bits per heavy atom. The van der Waals surface area contributed by atoms with Gasteiger partial charge in [0, 0.05) is 19.3 Å². The Bertz CT molecular complexity index is 298. The molecule has 0 atom stereocenters. The van der Waals surface area contributed by atoms with Gasteiger partial charge in [-0.2, -0.15) is 0 Å². The minimum atomic E-state index is -1.03. The first-order valence-corrected chi connectivity index (χ1v) is 5.76. The van der Waals surface area contributed by atoms with Gasteiger partial charge in [0.2, 0.25) is 5.91 Å². The summed E-state index contributed by atoms with van der Waals surface area (Å²) in [6.07, 6.45) is 0.878. The lowest BCUT2D eigenvalue weighted by atomic mass is 9.89. The summed E-state index contributed by atoms with van der Waals surface area (Å²) in [4.78, 5) is 24.3. The maximum absolute atomic E-state index is 12.3. The molecule has 0 bridgehead atoms. The molecule has 1 rings (SSSR count). The molecule has 1 heterocycles. The third-order valence-electron chi connectivity index (χ3n) is 3.00. The highest BCUT2D eigenvalue weighted by atomic mass is 16.5. The third-order valence-corrected chi connectivity index (χ3v) is 3.00. The lowest BCUT2D eigenvalue weighted by molar-refractivity contribution is -0.150. The Kier molecular flexibility index (Phi) is 4.47. The minimum Gasteiger partial charge on any atom is -0.480 e. The molecule has 0 aromatic carbocycles. The molecule has 17 heavy (non-hydrogen) atoms. The summed E-state index contributed by atoms with van der Waals surface area (Å²) in [7, 11) is 0. The maximum atomic E-state index is 12.3. The summed E-state index contributed by atoms with van der Waals surface area (Å²) < 4.78 is 5.17. The molecular formula is C11H20N2O4. The number of nitrogens with two attached hydrogens (primary N) is 1. The highest BCUT2D eigenvalue weighted by Gasteiger charge is 2.40. The van der Waals surface area contributed by atoms with Crippen LogP contribution < -0.4 is 5.73 Å². The van der Waals surface area contributed by atoms with Gasteiger partial charge >= 0.3 is 5.97 Å². The van der Waals surface area contributed by atoms with Crippen molar-refractivity contribution in [2.24, 2.45) is 5.73 Å². The third kappa shape index (κ3) is 3.41. The van der Waals surface area contributed by atoms with E-state index in [2.05, 4.69) is 0 Å². The molecule has 0 unspecified atom stereocenters. The Hall–Kier alpha value is -1.14. The molecule has 0 aromatic heterocycles. The Balaban J connectivity index is 2.79. The van der Waals surface area contributed by atoms with Gasteiger partial charge in [0.05, 0.1) is 5.54 Å². The van der Waals surface area contributed by atoms with E-state index in [1.54, 1.807) is 13.8 Å². The topological polar surface area (TPSA) is 92.9 Å². The van der Waals surface area contributed by atoms with Crippen LogP contribution in [0.4, 0.5) is 0 Å². The van der Waals surface area contributed by atoms with Gasteiger partial charge in [-0.05, 0) is 26.7 Å². The van der Waals surface area contributed by atoms with E-state index in [4.69, 9.17) is 15.6 Å². The molecule has 3 N–H and O–H groups in total. The molecule has 0 spiro atoms. The molecule has 0 radical (unpaired) electrons. The molecule has 1 amide bonds. The molecule has 98 valence electrons. The minimum absolute atomic E-state index is 0.179. The second kappa shape index (κ2) is 5.46. The van der Waals surface area contributed by atoms with Crippen LogP contribution in [0, 0.1) is 0 Å². The summed E-state index contributed by atoms with van der Waals surface area (Å²) in [5.74, 6) is -1.32. The predicted octanol–water partition coefficient (Wildman–Crippen LogP) is -0.184. The van der Waals surface area contributed by atoms with Crippen molar-refractivity contribution in [3.63, 3.8) is 0 Å². The molecule has 6 heteroatoms. The van der Waals surface area contributed by atoms with Crippen LogP contribution in [0.1, 0.15) is 26.7 Å². The molecule has 0 aliphatic carbocycles. The van der Waals surface area contributed by atoms with Crippen LogP contribution in [0.15, 0.2) is 0 Å². The van der Waals surface area contributed by atoms with Gasteiger partial charge in [0.1, 0.15) is 6.54 Å². The van der Waals surface area contributed by atoms with Crippen molar-refractivity contribution in [3.8, 4) is 0 Å². The van der Waals surface area contributed by atoms with Crippen LogP contribution in [0.3, 0.4) is 0 Å². The Morgan fingerprint density at radius 3 is 2.35 bits per heavy atom. The number of carboxylic acids is 1. The second-order valence-corrected chi connectivity index (χ2v) is 4.69. The lowest BCUT2D eigenvalue weighted by Crippen LogP contribution is -2.60. The number of hydrogen-bond acceptors (Lipinski definition) is 4. The average Bonchev–Trinajstić information content (AvgIpc) is 2.25. The standard InChI is InChI=1S/C11H20N2O4/c1-8(2)13(7-9(14)15)10(16)11(12)3-5-17-6-4-11/h8H,3-7,12H2,1-2H3,(H,14,15). The molecule has 0 saturated carbocycles. The van der Waals surface area contributed by atoms with E-state index in [0.717, 1.165) is 0 Å². The molecule has 1 aliphatic heterocycles. The zero-order valence-corrected chi connectivity index (χ0v) is 10.3. The van der Waals surface area contributed by atoms with Gasteiger partial charge in [-0.25, -0.2) is 0 Å². The molecule has 1 aliphatic rings. The van der Waals surface area contributed by atoms with Gasteiger partial charge in [-0.1, -0.05) is 0 Å². The summed E-state index contributed by atoms with van der Waals surface area (Å²) >= 11 is 0. The van der Waals surface area contributed by atoms with Crippen molar-refractivity contribution in [2.45, 2.75) is 38.3 Å². The van der Waals surface area contributed by atoms with Crippen molar-refractivity contribution >= 4 is 11.9 Å². The number of nitrogens with zero attached hydrogens (tertiary/aromatic N) is 1. The fraction of sp³-hybridized carbons (Fsp3) is 0.818. The van der Waals surface area contributed by atoms with E-state index >= 15 is 0 Å². The summed E-state index contributed by atoms with van der Waals surface area (Å²) in [5.41, 5.74) is 5.08. The SMILES string of the molecule is CC(C)N(CC(=O)O)C(=O)C1(N)CCOCC1. The quantitative estimate of drug-likeness (QED) is 0.715. The zero-order valence-electron chi connectivity index (χ0n) is 10.3. The maximum Gasteiger partial charge on any atom is 0.323 e. The zero-order chi connectivity index (χ0) is 13.1. The molecule has 0 aromatic rings. The van der Waals surface area contributed by atoms with Crippen LogP contribution in [0.25, 0.3) is 0 Å². The van der Waals surface area contributed by atoms with Gasteiger partial charge in [-0.3, -0.25) is 9.59 Å². The van der Waals surface area contributed by atoms with Crippen molar-refractivity contribution < 1.29 is 19.4 Å². The van der Waals surface area contributed by atoms with Gasteiger partial charge in [0.25, 0.3) is 0 Å². The average molecular weight is 244 g/mol. The first-order chi connectivity index (χ1) is 7.87. The fourth-order valence-corrected chi connectivity index (χ4v) is 1.87. The van der Waals surface area contributed by atoms with Crippen molar-refractivity contribution in [1.29, 1.82) is 0 Å². The number of ether oxygens (including phenoxy) is 1. The molecule has 6 nitrogen and oxygen atoms in total. The number of carboxylic acid groups (broad SMARTS) is 1. The molecule has 1 fully saturated rings. The number of amides is 1. The van der Waals surface area contributed by atoms with E-state index in [9.17, 15) is 9.59 Å². The smallest absolute Gasteiger partial charge is 0.323 e. The van der Waals surface area contributed by atoms with Gasteiger partial charge in [0.15, 0.2) is 0 Å². The first kappa shape index (κ1) is 13.9. The van der Waals surface area contributed by atoms with Crippen LogP contribution >= 0.6 is 0 Å². The van der Waals surface area contributed by atoms with E-state index in [1.807, 2.05) is 0 Å². The van der Waals surface area contributed by atoms with Crippen LogP contribution in [-0.4, -0.2) is 53.2 Å². The fourth-order valence-electron chi connectivity index (χ4n) is 1.87.